The van der Waals surface area contributed by atoms with Crippen molar-refractivity contribution in [2.75, 3.05) is 19.6 Å². The molecule has 2 aliphatic heterocycles. The van der Waals surface area contributed by atoms with E-state index in [4.69, 9.17) is 22.1 Å². The van der Waals surface area contributed by atoms with Gasteiger partial charge in [-0.2, -0.15) is 9.40 Å². The monoisotopic (exact) mass is 596 g/mol. The molecule has 11 heteroatoms. The molecular formula is C29H32N4O4S3. The van der Waals surface area contributed by atoms with E-state index in [0.717, 1.165) is 5.69 Å². The third kappa shape index (κ3) is 5.94. The van der Waals surface area contributed by atoms with Gasteiger partial charge in [0.1, 0.15) is 10.0 Å². The number of rotatable bonds is 7. The Kier molecular flexibility index (Phi) is 8.30. The number of thioether (sulfide) groups is 1. The number of sulfonamides is 1. The van der Waals surface area contributed by atoms with Crippen molar-refractivity contribution in [3.05, 3.63) is 71.3 Å². The summed E-state index contributed by atoms with van der Waals surface area (Å²) in [4.78, 5) is 15.6. The first-order valence-electron chi connectivity index (χ1n) is 13.2. The Bertz CT molecular complexity index is 1560. The molecule has 1 amide bonds. The van der Waals surface area contributed by atoms with Crippen molar-refractivity contribution in [2.24, 2.45) is 5.92 Å². The van der Waals surface area contributed by atoms with Gasteiger partial charge in [-0.25, -0.2) is 13.1 Å². The van der Waals surface area contributed by atoms with Gasteiger partial charge in [-0.1, -0.05) is 68.2 Å². The van der Waals surface area contributed by atoms with E-state index in [1.165, 1.54) is 16.1 Å². The van der Waals surface area contributed by atoms with E-state index < -0.39 is 10.0 Å². The van der Waals surface area contributed by atoms with Crippen molar-refractivity contribution in [2.45, 2.75) is 44.8 Å². The normalized spacial score (nSPS) is 21.6. The second-order valence-electron chi connectivity index (χ2n) is 10.5. The number of carbonyl (C=O) groups excluding carboxylic acids is 1. The summed E-state index contributed by atoms with van der Waals surface area (Å²) >= 11 is 6.77. The lowest BCUT2D eigenvalue weighted by atomic mass is 10.1. The van der Waals surface area contributed by atoms with Crippen LogP contribution in [0.4, 0.5) is 0 Å². The second kappa shape index (κ2) is 11.6. The molecule has 2 aliphatic rings. The molecule has 210 valence electrons. The number of benzene rings is 2. The number of carbonyl (C=O) groups is 1. The van der Waals surface area contributed by atoms with Crippen LogP contribution in [-0.2, 0) is 19.6 Å². The van der Waals surface area contributed by atoms with Crippen molar-refractivity contribution in [3.8, 4) is 16.9 Å². The number of thiocarbonyl (C=S) groups is 1. The summed E-state index contributed by atoms with van der Waals surface area (Å²) < 4.78 is 36.7. The SMILES string of the molecule is CC(C)CN1C(=O)C(=Cc2cn(-c3ccccc3)nc2-c2cccc(S(=O)(=O)N3CC(C)OC(C)C3)c2)SC1=S. The van der Waals surface area contributed by atoms with Crippen LogP contribution in [0, 0.1) is 5.92 Å². The average molecular weight is 597 g/mol. The van der Waals surface area contributed by atoms with Crippen LogP contribution in [0.25, 0.3) is 23.0 Å². The van der Waals surface area contributed by atoms with Crippen LogP contribution in [0.5, 0.6) is 0 Å². The molecule has 0 radical (unpaired) electrons. The van der Waals surface area contributed by atoms with Crippen molar-refractivity contribution >= 4 is 50.3 Å². The number of ether oxygens (including phenoxy) is 1. The molecule has 0 bridgehead atoms. The van der Waals surface area contributed by atoms with Crippen LogP contribution in [0.1, 0.15) is 33.3 Å². The van der Waals surface area contributed by atoms with Crippen LogP contribution < -0.4 is 0 Å². The predicted molar refractivity (Wildman–Crippen MR) is 162 cm³/mol. The van der Waals surface area contributed by atoms with Crippen molar-refractivity contribution in [1.82, 2.24) is 19.0 Å². The quantitative estimate of drug-likeness (QED) is 0.274. The Hall–Kier alpha value is -2.83. The van der Waals surface area contributed by atoms with E-state index >= 15 is 0 Å². The summed E-state index contributed by atoms with van der Waals surface area (Å²) in [5.74, 6) is 0.148. The Balaban J connectivity index is 1.57. The van der Waals surface area contributed by atoms with Gasteiger partial charge in [0.05, 0.1) is 27.7 Å². The molecule has 3 heterocycles. The summed E-state index contributed by atoms with van der Waals surface area (Å²) in [5, 5.41) is 4.84. The van der Waals surface area contributed by atoms with Crippen LogP contribution in [0.2, 0.25) is 0 Å². The highest BCUT2D eigenvalue weighted by atomic mass is 32.2. The fourth-order valence-electron chi connectivity index (χ4n) is 4.87. The molecule has 40 heavy (non-hydrogen) atoms. The number of morpholine rings is 1. The van der Waals surface area contributed by atoms with E-state index in [0.29, 0.717) is 45.7 Å². The minimum Gasteiger partial charge on any atom is -0.373 e. The number of amides is 1. The topological polar surface area (TPSA) is 84.7 Å². The maximum absolute atomic E-state index is 13.6. The van der Waals surface area contributed by atoms with Crippen molar-refractivity contribution < 1.29 is 17.9 Å². The molecule has 8 nitrogen and oxygen atoms in total. The van der Waals surface area contributed by atoms with Crippen LogP contribution in [-0.4, -0.2) is 69.5 Å². The van der Waals surface area contributed by atoms with E-state index in [1.54, 1.807) is 33.9 Å². The highest BCUT2D eigenvalue weighted by Gasteiger charge is 2.34. The smallest absolute Gasteiger partial charge is 0.266 e. The molecule has 2 aromatic carbocycles. The molecule has 1 aromatic heterocycles. The molecule has 5 rings (SSSR count). The zero-order valence-electron chi connectivity index (χ0n) is 22.9. The summed E-state index contributed by atoms with van der Waals surface area (Å²) in [7, 11) is -3.75. The Labute approximate surface area is 245 Å². The fourth-order valence-corrected chi connectivity index (χ4v) is 7.78. The lowest BCUT2D eigenvalue weighted by molar-refractivity contribution is -0.122. The number of aromatic nitrogens is 2. The lowest BCUT2D eigenvalue weighted by Crippen LogP contribution is -2.48. The van der Waals surface area contributed by atoms with E-state index in [2.05, 4.69) is 0 Å². The molecular weight excluding hydrogens is 565 g/mol. The lowest BCUT2D eigenvalue weighted by Gasteiger charge is -2.34. The standard InChI is InChI=1S/C29H32N4O4S3/c1-19(2)15-32-28(34)26(39-29(32)38)14-23-18-33(24-10-6-5-7-11-24)30-27(23)22-9-8-12-25(13-22)40(35,36)31-16-20(3)37-21(4)17-31/h5-14,18-21H,15-17H2,1-4H3. The predicted octanol–water partition coefficient (Wildman–Crippen LogP) is 5.19. The number of hydrogen-bond acceptors (Lipinski definition) is 7. The molecule has 3 aromatic rings. The summed E-state index contributed by atoms with van der Waals surface area (Å²) in [6, 6.07) is 16.5. The zero-order valence-corrected chi connectivity index (χ0v) is 25.3. The molecule has 2 unspecified atom stereocenters. The highest BCUT2D eigenvalue weighted by molar-refractivity contribution is 8.26. The van der Waals surface area contributed by atoms with E-state index in [-0.39, 0.29) is 28.9 Å². The van der Waals surface area contributed by atoms with Gasteiger partial charge in [0.15, 0.2) is 0 Å². The van der Waals surface area contributed by atoms with Crippen LogP contribution in [0.3, 0.4) is 0 Å². The molecule has 2 fully saturated rings. The molecule has 2 saturated heterocycles. The maximum atomic E-state index is 13.6. The van der Waals surface area contributed by atoms with Gasteiger partial charge in [0, 0.05) is 37.0 Å². The minimum atomic E-state index is -3.75. The largest absolute Gasteiger partial charge is 0.373 e. The molecule has 0 spiro atoms. The second-order valence-corrected chi connectivity index (χ2v) is 14.1. The van der Waals surface area contributed by atoms with Gasteiger partial charge in [-0.05, 0) is 50.1 Å². The minimum absolute atomic E-state index is 0.131. The van der Waals surface area contributed by atoms with Crippen LogP contribution >= 0.6 is 24.0 Å². The summed E-state index contributed by atoms with van der Waals surface area (Å²) in [5.41, 5.74) is 2.74. The van der Waals surface area contributed by atoms with Crippen molar-refractivity contribution in [3.63, 3.8) is 0 Å². The first-order valence-corrected chi connectivity index (χ1v) is 15.9. The third-order valence-electron chi connectivity index (χ3n) is 6.60. The summed E-state index contributed by atoms with van der Waals surface area (Å²) in [6.45, 7) is 8.98. The fraction of sp³-hybridized carbons (Fsp3) is 0.345. The van der Waals surface area contributed by atoms with Gasteiger partial charge < -0.3 is 4.74 Å². The first kappa shape index (κ1) is 28.7. The Morgan fingerprint density at radius 3 is 2.48 bits per heavy atom. The van der Waals surface area contributed by atoms with Gasteiger partial charge in [-0.3, -0.25) is 9.69 Å². The average Bonchev–Trinajstić information content (AvgIpc) is 3.45. The Morgan fingerprint density at radius 1 is 1.10 bits per heavy atom. The first-order chi connectivity index (χ1) is 19.0. The molecule has 2 atom stereocenters. The zero-order chi connectivity index (χ0) is 28.6. The van der Waals surface area contributed by atoms with Gasteiger partial charge in [0.2, 0.25) is 10.0 Å². The molecule has 0 aliphatic carbocycles. The van der Waals surface area contributed by atoms with Crippen LogP contribution in [0.15, 0.2) is 70.6 Å². The number of para-hydroxylation sites is 1. The molecule has 0 N–H and O–H groups in total. The third-order valence-corrected chi connectivity index (χ3v) is 9.81. The maximum Gasteiger partial charge on any atom is 0.266 e. The summed E-state index contributed by atoms with van der Waals surface area (Å²) in [6.07, 6.45) is 3.27. The van der Waals surface area contributed by atoms with Gasteiger partial charge in [-0.15, -0.1) is 0 Å². The van der Waals surface area contributed by atoms with E-state index in [9.17, 15) is 13.2 Å². The molecule has 0 saturated carbocycles. The highest BCUT2D eigenvalue weighted by Crippen LogP contribution is 2.36. The number of nitrogens with zero attached hydrogens (tertiary/aromatic N) is 4. The van der Waals surface area contributed by atoms with E-state index in [1.807, 2.05) is 70.3 Å². The number of hydrogen-bond donors (Lipinski definition) is 0. The van der Waals surface area contributed by atoms with Gasteiger partial charge in [0.25, 0.3) is 5.91 Å². The van der Waals surface area contributed by atoms with Gasteiger partial charge >= 0.3 is 0 Å². The Morgan fingerprint density at radius 2 is 1.80 bits per heavy atom. The van der Waals surface area contributed by atoms with Crippen molar-refractivity contribution in [1.29, 1.82) is 0 Å².